The lowest BCUT2D eigenvalue weighted by Crippen LogP contribution is -2.25. The lowest BCUT2D eigenvalue weighted by molar-refractivity contribution is 0.551. The molecule has 0 radical (unpaired) electrons. The van der Waals surface area contributed by atoms with Gasteiger partial charge in [-0.2, -0.15) is 10.2 Å². The molecule has 0 aliphatic carbocycles. The summed E-state index contributed by atoms with van der Waals surface area (Å²) in [5, 5.41) is 8.01. The maximum atomic E-state index is 11.7. The van der Waals surface area contributed by atoms with Crippen LogP contribution in [0.15, 0.2) is 17.3 Å². The average molecular weight is 274 g/mol. The van der Waals surface area contributed by atoms with Gasteiger partial charge in [0.25, 0.3) is 5.56 Å². The fourth-order valence-corrected chi connectivity index (χ4v) is 1.64. The zero-order valence-corrected chi connectivity index (χ0v) is 10.5. The van der Waals surface area contributed by atoms with Crippen molar-refractivity contribution in [1.29, 1.82) is 0 Å². The number of rotatable bonds is 3. The maximum absolute atomic E-state index is 11.7. The van der Waals surface area contributed by atoms with Crippen molar-refractivity contribution in [2.45, 2.75) is 20.0 Å². The first-order valence-electron chi connectivity index (χ1n) is 4.91. The third-order valence-corrected chi connectivity index (χ3v) is 2.98. The van der Waals surface area contributed by atoms with Crippen molar-refractivity contribution in [3.05, 3.63) is 38.7 Å². The normalized spacial score (nSPS) is 10.8. The van der Waals surface area contributed by atoms with Crippen LogP contribution in [-0.2, 0) is 13.1 Å². The third-order valence-electron chi connectivity index (χ3n) is 2.23. The third kappa shape index (κ3) is 2.32. The zero-order valence-electron chi connectivity index (χ0n) is 8.97. The van der Waals surface area contributed by atoms with Crippen LogP contribution in [0.25, 0.3) is 0 Å². The lowest BCUT2D eigenvalue weighted by atomic mass is 10.5. The Morgan fingerprint density at radius 3 is 2.76 bits per heavy atom. The van der Waals surface area contributed by atoms with Crippen molar-refractivity contribution >= 4 is 23.2 Å². The Labute approximate surface area is 107 Å². The summed E-state index contributed by atoms with van der Waals surface area (Å²) in [5.41, 5.74) is -0.440. The highest BCUT2D eigenvalue weighted by Gasteiger charge is 2.10. The molecule has 0 atom stereocenters. The highest BCUT2D eigenvalue weighted by molar-refractivity contribution is 6.41. The minimum absolute atomic E-state index is 0.0377. The van der Waals surface area contributed by atoms with E-state index in [1.807, 2.05) is 6.92 Å². The Hall–Kier alpha value is -1.40. The SMILES string of the molecule is CCn1ncnc1Cn1ncc(Cl)c(Cl)c1=O. The average Bonchev–Trinajstić information content (AvgIpc) is 2.77. The largest absolute Gasteiger partial charge is 0.287 e. The molecule has 17 heavy (non-hydrogen) atoms. The van der Waals surface area contributed by atoms with Gasteiger partial charge < -0.3 is 0 Å². The Morgan fingerprint density at radius 2 is 2.06 bits per heavy atom. The molecule has 2 aromatic rings. The first kappa shape index (κ1) is 12.1. The molecule has 0 aliphatic heterocycles. The maximum Gasteiger partial charge on any atom is 0.287 e. The second-order valence-electron chi connectivity index (χ2n) is 3.26. The molecule has 0 spiro atoms. The molecule has 0 saturated carbocycles. The molecule has 0 amide bonds. The fraction of sp³-hybridized carbons (Fsp3) is 0.333. The second-order valence-corrected chi connectivity index (χ2v) is 4.05. The van der Waals surface area contributed by atoms with Gasteiger partial charge in [-0.05, 0) is 6.92 Å². The molecule has 0 bridgehead atoms. The van der Waals surface area contributed by atoms with Crippen LogP contribution < -0.4 is 5.56 Å². The summed E-state index contributed by atoms with van der Waals surface area (Å²) in [7, 11) is 0. The van der Waals surface area contributed by atoms with Gasteiger partial charge in [0.05, 0.1) is 11.2 Å². The first-order valence-corrected chi connectivity index (χ1v) is 5.67. The number of aromatic nitrogens is 5. The van der Waals surface area contributed by atoms with Crippen LogP contribution in [0.4, 0.5) is 0 Å². The molecule has 6 nitrogen and oxygen atoms in total. The molecule has 0 aromatic carbocycles. The molecule has 0 saturated heterocycles. The van der Waals surface area contributed by atoms with Crippen molar-refractivity contribution in [2.75, 3.05) is 0 Å². The predicted octanol–water partition coefficient (Wildman–Crippen LogP) is 1.21. The van der Waals surface area contributed by atoms with E-state index in [0.29, 0.717) is 12.4 Å². The van der Waals surface area contributed by atoms with E-state index in [9.17, 15) is 4.79 Å². The number of hydrogen-bond donors (Lipinski definition) is 0. The number of hydrogen-bond acceptors (Lipinski definition) is 4. The molecule has 2 rings (SSSR count). The summed E-state index contributed by atoms with van der Waals surface area (Å²) in [6.45, 7) is 2.82. The number of nitrogens with zero attached hydrogens (tertiary/aromatic N) is 5. The number of halogens is 2. The van der Waals surface area contributed by atoms with E-state index in [1.54, 1.807) is 4.68 Å². The Bertz CT molecular complexity index is 591. The summed E-state index contributed by atoms with van der Waals surface area (Å²) in [4.78, 5) is 15.8. The van der Waals surface area contributed by atoms with Crippen LogP contribution in [0.3, 0.4) is 0 Å². The van der Waals surface area contributed by atoms with Crippen LogP contribution in [-0.4, -0.2) is 24.5 Å². The molecule has 0 aliphatic rings. The van der Waals surface area contributed by atoms with Gasteiger partial charge in [-0.1, -0.05) is 23.2 Å². The van der Waals surface area contributed by atoms with Crippen LogP contribution in [0.5, 0.6) is 0 Å². The molecule has 0 N–H and O–H groups in total. The molecule has 0 fully saturated rings. The van der Waals surface area contributed by atoms with Gasteiger partial charge >= 0.3 is 0 Å². The fourth-order valence-electron chi connectivity index (χ4n) is 1.37. The second kappa shape index (κ2) is 4.85. The van der Waals surface area contributed by atoms with Crippen molar-refractivity contribution < 1.29 is 0 Å². The Kier molecular flexibility index (Phi) is 3.44. The quantitative estimate of drug-likeness (QED) is 0.843. The standard InChI is InChI=1S/C9H9Cl2N5O/c1-2-15-7(12-5-14-15)4-16-9(17)8(11)6(10)3-13-16/h3,5H,2,4H2,1H3. The minimum atomic E-state index is -0.440. The lowest BCUT2D eigenvalue weighted by Gasteiger charge is -2.05. The van der Waals surface area contributed by atoms with E-state index in [2.05, 4.69) is 15.2 Å². The minimum Gasteiger partial charge on any atom is -0.266 e. The van der Waals surface area contributed by atoms with Crippen LogP contribution >= 0.6 is 23.2 Å². The topological polar surface area (TPSA) is 65.6 Å². The summed E-state index contributed by atoms with van der Waals surface area (Å²) in [5.74, 6) is 0.639. The monoisotopic (exact) mass is 273 g/mol. The summed E-state index contributed by atoms with van der Waals surface area (Å²) in [6.07, 6.45) is 2.76. The van der Waals surface area contributed by atoms with Crippen molar-refractivity contribution in [3.8, 4) is 0 Å². The van der Waals surface area contributed by atoms with Crippen molar-refractivity contribution in [2.24, 2.45) is 0 Å². The summed E-state index contributed by atoms with van der Waals surface area (Å²) >= 11 is 11.4. The van der Waals surface area contributed by atoms with Crippen molar-refractivity contribution in [3.63, 3.8) is 0 Å². The van der Waals surface area contributed by atoms with E-state index in [1.165, 1.54) is 17.2 Å². The van der Waals surface area contributed by atoms with Gasteiger partial charge in [-0.15, -0.1) is 0 Å². The molecule has 2 aromatic heterocycles. The van der Waals surface area contributed by atoms with E-state index in [-0.39, 0.29) is 16.6 Å². The molecule has 8 heteroatoms. The molecular formula is C9H9Cl2N5O. The highest BCUT2D eigenvalue weighted by Crippen LogP contribution is 2.14. The summed E-state index contributed by atoms with van der Waals surface area (Å²) in [6, 6.07) is 0. The van der Waals surface area contributed by atoms with Gasteiger partial charge in [0.15, 0.2) is 0 Å². The van der Waals surface area contributed by atoms with Crippen molar-refractivity contribution in [1.82, 2.24) is 24.5 Å². The smallest absolute Gasteiger partial charge is 0.266 e. The molecule has 90 valence electrons. The molecular weight excluding hydrogens is 265 g/mol. The predicted molar refractivity (Wildman–Crippen MR) is 63.3 cm³/mol. The van der Waals surface area contributed by atoms with Gasteiger partial charge in [0.1, 0.15) is 23.7 Å². The zero-order chi connectivity index (χ0) is 12.4. The van der Waals surface area contributed by atoms with Gasteiger partial charge in [-0.3, -0.25) is 4.79 Å². The van der Waals surface area contributed by atoms with Crippen LogP contribution in [0, 0.1) is 0 Å². The Balaban J connectivity index is 2.37. The summed E-state index contributed by atoms with van der Waals surface area (Å²) < 4.78 is 2.88. The van der Waals surface area contributed by atoms with Gasteiger partial charge in [-0.25, -0.2) is 14.3 Å². The first-order chi connectivity index (χ1) is 8.13. The van der Waals surface area contributed by atoms with E-state index < -0.39 is 5.56 Å². The van der Waals surface area contributed by atoms with E-state index in [0.717, 1.165) is 0 Å². The van der Waals surface area contributed by atoms with Gasteiger partial charge in [0.2, 0.25) is 0 Å². The number of aryl methyl sites for hydroxylation is 1. The Morgan fingerprint density at radius 1 is 1.29 bits per heavy atom. The highest BCUT2D eigenvalue weighted by atomic mass is 35.5. The van der Waals surface area contributed by atoms with E-state index >= 15 is 0 Å². The molecule has 0 unspecified atom stereocenters. The van der Waals surface area contributed by atoms with Crippen LogP contribution in [0.1, 0.15) is 12.7 Å². The van der Waals surface area contributed by atoms with Gasteiger partial charge in [0, 0.05) is 6.54 Å². The molecule has 2 heterocycles. The van der Waals surface area contributed by atoms with E-state index in [4.69, 9.17) is 23.2 Å². The van der Waals surface area contributed by atoms with Crippen LogP contribution in [0.2, 0.25) is 10.0 Å².